The van der Waals surface area contributed by atoms with Gasteiger partial charge in [-0.1, -0.05) is 0 Å². The van der Waals surface area contributed by atoms with E-state index in [-0.39, 0.29) is 13.2 Å². The SMILES string of the molecule is CC(O)(CN)CNCCO. The van der Waals surface area contributed by atoms with Crippen molar-refractivity contribution in [1.82, 2.24) is 5.32 Å². The summed E-state index contributed by atoms with van der Waals surface area (Å²) in [5, 5.41) is 20.5. The molecule has 0 bridgehead atoms. The Morgan fingerprint density at radius 1 is 1.60 bits per heavy atom. The predicted molar refractivity (Wildman–Crippen MR) is 39.6 cm³/mol. The minimum absolute atomic E-state index is 0.0840. The Kier molecular flexibility index (Phi) is 4.55. The van der Waals surface area contributed by atoms with Crippen molar-refractivity contribution in [3.05, 3.63) is 0 Å². The van der Waals surface area contributed by atoms with Crippen LogP contribution < -0.4 is 11.1 Å². The summed E-state index contributed by atoms with van der Waals surface area (Å²) in [7, 11) is 0. The molecule has 0 spiro atoms. The number of hydrogen-bond donors (Lipinski definition) is 4. The van der Waals surface area contributed by atoms with E-state index in [0.717, 1.165) is 0 Å². The van der Waals surface area contributed by atoms with E-state index in [4.69, 9.17) is 10.8 Å². The van der Waals surface area contributed by atoms with Crippen molar-refractivity contribution in [2.24, 2.45) is 5.73 Å². The van der Waals surface area contributed by atoms with E-state index >= 15 is 0 Å². The Labute approximate surface area is 61.0 Å². The molecule has 5 N–H and O–H groups in total. The molecule has 0 aromatic rings. The zero-order valence-corrected chi connectivity index (χ0v) is 6.30. The lowest BCUT2D eigenvalue weighted by Crippen LogP contribution is -2.44. The minimum atomic E-state index is -0.852. The molecule has 10 heavy (non-hydrogen) atoms. The molecule has 0 aromatic carbocycles. The van der Waals surface area contributed by atoms with E-state index < -0.39 is 5.60 Å². The molecule has 0 radical (unpaired) electrons. The molecule has 0 aromatic heterocycles. The fourth-order valence-corrected chi connectivity index (χ4v) is 0.509. The lowest BCUT2D eigenvalue weighted by molar-refractivity contribution is 0.0676. The maximum atomic E-state index is 9.28. The second-order valence-corrected chi connectivity index (χ2v) is 2.60. The minimum Gasteiger partial charge on any atom is -0.395 e. The fourth-order valence-electron chi connectivity index (χ4n) is 0.509. The van der Waals surface area contributed by atoms with Gasteiger partial charge in [0.25, 0.3) is 0 Å². The Morgan fingerprint density at radius 3 is 2.60 bits per heavy atom. The molecule has 62 valence electrons. The van der Waals surface area contributed by atoms with Crippen LogP contribution in [0.4, 0.5) is 0 Å². The maximum Gasteiger partial charge on any atom is 0.0865 e. The Balaban J connectivity index is 3.28. The van der Waals surface area contributed by atoms with Gasteiger partial charge in [-0.3, -0.25) is 0 Å². The highest BCUT2D eigenvalue weighted by Crippen LogP contribution is 1.95. The molecule has 0 rings (SSSR count). The van der Waals surface area contributed by atoms with E-state index in [2.05, 4.69) is 5.32 Å². The summed E-state index contributed by atoms with van der Waals surface area (Å²) in [5.74, 6) is 0. The van der Waals surface area contributed by atoms with Crippen LogP contribution in [0.25, 0.3) is 0 Å². The van der Waals surface area contributed by atoms with Crippen LogP contribution >= 0.6 is 0 Å². The van der Waals surface area contributed by atoms with E-state index in [0.29, 0.717) is 13.1 Å². The van der Waals surface area contributed by atoms with Crippen LogP contribution in [0.5, 0.6) is 0 Å². The highest BCUT2D eigenvalue weighted by Gasteiger charge is 2.16. The quantitative estimate of drug-likeness (QED) is 0.350. The van der Waals surface area contributed by atoms with Crippen LogP contribution in [0.15, 0.2) is 0 Å². The highest BCUT2D eigenvalue weighted by atomic mass is 16.3. The topological polar surface area (TPSA) is 78.5 Å². The van der Waals surface area contributed by atoms with Crippen LogP contribution in [-0.4, -0.2) is 42.1 Å². The second-order valence-electron chi connectivity index (χ2n) is 2.60. The maximum absolute atomic E-state index is 9.28. The fraction of sp³-hybridized carbons (Fsp3) is 1.00. The van der Waals surface area contributed by atoms with Crippen LogP contribution in [0, 0.1) is 0 Å². The van der Waals surface area contributed by atoms with Crippen LogP contribution in [0.1, 0.15) is 6.92 Å². The number of aliphatic hydroxyl groups is 2. The van der Waals surface area contributed by atoms with E-state index in [1.165, 1.54) is 0 Å². The summed E-state index contributed by atoms with van der Waals surface area (Å²) >= 11 is 0. The molecule has 0 saturated carbocycles. The first-order chi connectivity index (χ1) is 4.62. The summed E-state index contributed by atoms with van der Waals surface area (Å²) in [6.45, 7) is 2.88. The molecule has 4 nitrogen and oxygen atoms in total. The van der Waals surface area contributed by atoms with Gasteiger partial charge in [0, 0.05) is 19.6 Å². The van der Waals surface area contributed by atoms with Crippen molar-refractivity contribution in [3.8, 4) is 0 Å². The molecule has 0 fully saturated rings. The zero-order valence-electron chi connectivity index (χ0n) is 6.30. The van der Waals surface area contributed by atoms with Crippen molar-refractivity contribution in [2.45, 2.75) is 12.5 Å². The molecule has 0 saturated heterocycles. The molecular formula is C6H16N2O2. The predicted octanol–water partition coefficient (Wildman–Crippen LogP) is -1.72. The van der Waals surface area contributed by atoms with Crippen LogP contribution in [-0.2, 0) is 0 Å². The smallest absolute Gasteiger partial charge is 0.0865 e. The van der Waals surface area contributed by atoms with Gasteiger partial charge in [-0.2, -0.15) is 0 Å². The molecule has 1 unspecified atom stereocenters. The normalized spacial score (nSPS) is 16.8. The van der Waals surface area contributed by atoms with Gasteiger partial charge in [0.2, 0.25) is 0 Å². The van der Waals surface area contributed by atoms with E-state index in [1.807, 2.05) is 0 Å². The average Bonchev–Trinajstić information content (AvgIpc) is 1.89. The van der Waals surface area contributed by atoms with Crippen molar-refractivity contribution >= 4 is 0 Å². The standard InChI is InChI=1S/C6H16N2O2/c1-6(10,4-7)5-8-2-3-9/h8-10H,2-5,7H2,1H3. The summed E-state index contributed by atoms with van der Waals surface area (Å²) < 4.78 is 0. The van der Waals surface area contributed by atoms with Crippen molar-refractivity contribution in [3.63, 3.8) is 0 Å². The third-order valence-electron chi connectivity index (χ3n) is 1.23. The summed E-state index contributed by atoms with van der Waals surface area (Å²) in [5.41, 5.74) is 4.38. The van der Waals surface area contributed by atoms with Crippen molar-refractivity contribution in [1.29, 1.82) is 0 Å². The average molecular weight is 148 g/mol. The monoisotopic (exact) mass is 148 g/mol. The van der Waals surface area contributed by atoms with Crippen LogP contribution in [0.2, 0.25) is 0 Å². The Hall–Kier alpha value is -0.160. The van der Waals surface area contributed by atoms with Gasteiger partial charge in [-0.15, -0.1) is 0 Å². The van der Waals surface area contributed by atoms with Crippen molar-refractivity contribution < 1.29 is 10.2 Å². The van der Waals surface area contributed by atoms with Gasteiger partial charge in [-0.25, -0.2) is 0 Å². The molecule has 0 aliphatic heterocycles. The summed E-state index contributed by atoms with van der Waals surface area (Å²) in [6.07, 6.45) is 0. The molecule has 0 aliphatic carbocycles. The largest absolute Gasteiger partial charge is 0.395 e. The number of nitrogens with two attached hydrogens (primary N) is 1. The van der Waals surface area contributed by atoms with Gasteiger partial charge in [0.1, 0.15) is 0 Å². The number of hydrogen-bond acceptors (Lipinski definition) is 4. The summed E-state index contributed by atoms with van der Waals surface area (Å²) in [4.78, 5) is 0. The first kappa shape index (κ1) is 9.84. The summed E-state index contributed by atoms with van der Waals surface area (Å²) in [6, 6.07) is 0. The van der Waals surface area contributed by atoms with E-state index in [9.17, 15) is 5.11 Å². The molecular weight excluding hydrogens is 132 g/mol. The van der Waals surface area contributed by atoms with E-state index in [1.54, 1.807) is 6.92 Å². The number of nitrogens with one attached hydrogen (secondary N) is 1. The van der Waals surface area contributed by atoms with Gasteiger partial charge >= 0.3 is 0 Å². The number of rotatable bonds is 5. The van der Waals surface area contributed by atoms with Crippen molar-refractivity contribution in [2.75, 3.05) is 26.2 Å². The molecule has 0 aliphatic rings. The molecule has 0 amide bonds. The first-order valence-corrected chi connectivity index (χ1v) is 3.36. The molecule has 1 atom stereocenters. The zero-order chi connectivity index (χ0) is 8.04. The first-order valence-electron chi connectivity index (χ1n) is 3.36. The Morgan fingerprint density at radius 2 is 2.20 bits per heavy atom. The third-order valence-corrected chi connectivity index (χ3v) is 1.23. The highest BCUT2D eigenvalue weighted by molar-refractivity contribution is 4.75. The Bertz CT molecular complexity index is 85.8. The lowest BCUT2D eigenvalue weighted by atomic mass is 10.1. The second kappa shape index (κ2) is 4.62. The van der Waals surface area contributed by atoms with Gasteiger partial charge in [0.05, 0.1) is 12.2 Å². The van der Waals surface area contributed by atoms with Gasteiger partial charge < -0.3 is 21.3 Å². The van der Waals surface area contributed by atoms with Gasteiger partial charge in [-0.05, 0) is 6.92 Å². The van der Waals surface area contributed by atoms with Gasteiger partial charge in [0.15, 0.2) is 0 Å². The third kappa shape index (κ3) is 4.69. The lowest BCUT2D eigenvalue weighted by Gasteiger charge is -2.20. The van der Waals surface area contributed by atoms with Crippen LogP contribution in [0.3, 0.4) is 0 Å². The number of aliphatic hydroxyl groups excluding tert-OH is 1. The molecule has 4 heteroatoms. The molecule has 0 heterocycles.